The van der Waals surface area contributed by atoms with Gasteiger partial charge in [0, 0.05) is 11.9 Å². The second-order valence-electron chi connectivity index (χ2n) is 4.89. The lowest BCUT2D eigenvalue weighted by atomic mass is 10.1. The van der Waals surface area contributed by atoms with Gasteiger partial charge in [-0.2, -0.15) is 0 Å². The minimum absolute atomic E-state index is 0.286. The van der Waals surface area contributed by atoms with E-state index in [1.807, 2.05) is 32.0 Å². The zero-order chi connectivity index (χ0) is 14.8. The molecule has 3 rings (SSSR count). The molecule has 2 N–H and O–H groups in total. The first-order valence-corrected chi connectivity index (χ1v) is 6.56. The molecule has 0 fully saturated rings. The summed E-state index contributed by atoms with van der Waals surface area (Å²) in [6, 6.07) is 9.09. The Morgan fingerprint density at radius 1 is 1.05 bits per heavy atom. The zero-order valence-electron chi connectivity index (χ0n) is 11.8. The molecule has 0 bridgehead atoms. The highest BCUT2D eigenvalue weighted by atomic mass is 16.2. The van der Waals surface area contributed by atoms with E-state index in [0.717, 1.165) is 16.9 Å². The Morgan fingerprint density at radius 3 is 2.62 bits per heavy atom. The lowest BCUT2D eigenvalue weighted by Crippen LogP contribution is -2.19. The van der Waals surface area contributed by atoms with E-state index >= 15 is 0 Å². The standard InChI is InChI=1S/C15H15N5O/c1-10-3-4-12(7-11(10)2)17-15(21)18-13-5-6-14-19-16-9-20(14)8-13/h3-9H,1-2H3,(H2,17,18,21). The Labute approximate surface area is 121 Å². The summed E-state index contributed by atoms with van der Waals surface area (Å²) in [5.41, 5.74) is 4.50. The summed E-state index contributed by atoms with van der Waals surface area (Å²) in [6.45, 7) is 4.05. The molecule has 0 aliphatic heterocycles. The molecule has 0 saturated carbocycles. The fourth-order valence-electron chi connectivity index (χ4n) is 2.01. The van der Waals surface area contributed by atoms with E-state index in [2.05, 4.69) is 20.8 Å². The van der Waals surface area contributed by atoms with E-state index in [0.29, 0.717) is 5.69 Å². The van der Waals surface area contributed by atoms with Crippen molar-refractivity contribution < 1.29 is 4.79 Å². The highest BCUT2D eigenvalue weighted by Gasteiger charge is 2.05. The van der Waals surface area contributed by atoms with Crippen molar-refractivity contribution in [2.75, 3.05) is 10.6 Å². The number of fused-ring (bicyclic) bond motifs is 1. The predicted octanol–water partition coefficient (Wildman–Crippen LogP) is 2.99. The number of urea groups is 1. The van der Waals surface area contributed by atoms with Crippen LogP contribution in [0.5, 0.6) is 0 Å². The number of aryl methyl sites for hydroxylation is 2. The van der Waals surface area contributed by atoms with Gasteiger partial charge in [-0.1, -0.05) is 6.07 Å². The van der Waals surface area contributed by atoms with Crippen LogP contribution in [0.4, 0.5) is 16.2 Å². The first kappa shape index (κ1) is 13.1. The summed E-state index contributed by atoms with van der Waals surface area (Å²) < 4.78 is 1.74. The molecule has 1 aromatic carbocycles. The Hall–Kier alpha value is -2.89. The van der Waals surface area contributed by atoms with Crippen molar-refractivity contribution in [3.63, 3.8) is 0 Å². The summed E-state index contributed by atoms with van der Waals surface area (Å²) >= 11 is 0. The van der Waals surface area contributed by atoms with E-state index in [1.54, 1.807) is 29.1 Å². The van der Waals surface area contributed by atoms with Gasteiger partial charge in [0.25, 0.3) is 0 Å². The maximum atomic E-state index is 12.0. The van der Waals surface area contributed by atoms with Crippen LogP contribution >= 0.6 is 0 Å². The van der Waals surface area contributed by atoms with Crippen molar-refractivity contribution in [3.8, 4) is 0 Å². The first-order chi connectivity index (χ1) is 10.1. The third kappa shape index (κ3) is 2.84. The number of carbonyl (C=O) groups excluding carboxylic acids is 1. The van der Waals surface area contributed by atoms with Gasteiger partial charge in [0.1, 0.15) is 6.33 Å². The predicted molar refractivity (Wildman–Crippen MR) is 81.5 cm³/mol. The van der Waals surface area contributed by atoms with Gasteiger partial charge in [0.15, 0.2) is 5.65 Å². The number of hydrogen-bond donors (Lipinski definition) is 2. The number of benzene rings is 1. The number of carbonyl (C=O) groups is 1. The molecular formula is C15H15N5O. The van der Waals surface area contributed by atoms with Gasteiger partial charge in [-0.15, -0.1) is 10.2 Å². The van der Waals surface area contributed by atoms with Gasteiger partial charge in [-0.3, -0.25) is 4.40 Å². The van der Waals surface area contributed by atoms with Crippen LogP contribution in [-0.2, 0) is 0 Å². The van der Waals surface area contributed by atoms with Crippen LogP contribution in [0, 0.1) is 13.8 Å². The highest BCUT2D eigenvalue weighted by molar-refractivity contribution is 5.99. The normalized spacial score (nSPS) is 10.6. The molecule has 106 valence electrons. The minimum Gasteiger partial charge on any atom is -0.308 e. The highest BCUT2D eigenvalue weighted by Crippen LogP contribution is 2.15. The fraction of sp³-hybridized carbons (Fsp3) is 0.133. The maximum Gasteiger partial charge on any atom is 0.323 e. The zero-order valence-corrected chi connectivity index (χ0v) is 11.8. The van der Waals surface area contributed by atoms with Crippen molar-refractivity contribution in [2.45, 2.75) is 13.8 Å². The minimum atomic E-state index is -0.286. The van der Waals surface area contributed by atoms with Gasteiger partial charge >= 0.3 is 6.03 Å². The number of nitrogens with zero attached hydrogens (tertiary/aromatic N) is 3. The van der Waals surface area contributed by atoms with Gasteiger partial charge < -0.3 is 10.6 Å². The lowest BCUT2D eigenvalue weighted by Gasteiger charge is -2.09. The molecule has 0 aliphatic carbocycles. The van der Waals surface area contributed by atoms with Crippen molar-refractivity contribution in [3.05, 3.63) is 54.0 Å². The smallest absolute Gasteiger partial charge is 0.308 e. The number of nitrogens with one attached hydrogen (secondary N) is 2. The molecule has 0 atom stereocenters. The molecule has 6 nitrogen and oxygen atoms in total. The molecule has 0 spiro atoms. The average Bonchev–Trinajstić information content (AvgIpc) is 2.90. The second kappa shape index (κ2) is 5.24. The molecule has 0 unspecified atom stereocenters. The van der Waals surface area contributed by atoms with Crippen LogP contribution in [0.15, 0.2) is 42.9 Å². The van der Waals surface area contributed by atoms with Gasteiger partial charge in [0.2, 0.25) is 0 Å². The summed E-state index contributed by atoms with van der Waals surface area (Å²) in [4.78, 5) is 12.0. The van der Waals surface area contributed by atoms with Crippen LogP contribution in [0.1, 0.15) is 11.1 Å². The maximum absolute atomic E-state index is 12.0. The molecular weight excluding hydrogens is 266 g/mol. The molecule has 0 radical (unpaired) electrons. The summed E-state index contributed by atoms with van der Waals surface area (Å²) in [7, 11) is 0. The van der Waals surface area contributed by atoms with E-state index in [-0.39, 0.29) is 6.03 Å². The topological polar surface area (TPSA) is 71.3 Å². The summed E-state index contributed by atoms with van der Waals surface area (Å²) in [5, 5.41) is 13.3. The second-order valence-corrected chi connectivity index (χ2v) is 4.89. The Balaban J connectivity index is 1.71. The van der Waals surface area contributed by atoms with E-state index in [1.165, 1.54) is 5.56 Å². The number of rotatable bonds is 2. The average molecular weight is 281 g/mol. The number of amides is 2. The SMILES string of the molecule is Cc1ccc(NC(=O)Nc2ccc3nncn3c2)cc1C. The molecule has 21 heavy (non-hydrogen) atoms. The van der Waals surface area contributed by atoms with Crippen LogP contribution in [0.3, 0.4) is 0 Å². The van der Waals surface area contributed by atoms with Gasteiger partial charge in [0.05, 0.1) is 5.69 Å². The third-order valence-electron chi connectivity index (χ3n) is 3.31. The quantitative estimate of drug-likeness (QED) is 0.758. The van der Waals surface area contributed by atoms with E-state index < -0.39 is 0 Å². The Bertz CT molecular complexity index is 809. The van der Waals surface area contributed by atoms with Crippen LogP contribution in [-0.4, -0.2) is 20.6 Å². The third-order valence-corrected chi connectivity index (χ3v) is 3.31. The number of hydrogen-bond acceptors (Lipinski definition) is 3. The van der Waals surface area contributed by atoms with Crippen molar-refractivity contribution >= 4 is 23.1 Å². The number of aromatic nitrogens is 3. The molecule has 3 aromatic rings. The van der Waals surface area contributed by atoms with Crippen molar-refractivity contribution in [1.82, 2.24) is 14.6 Å². The summed E-state index contributed by atoms with van der Waals surface area (Å²) in [6.07, 6.45) is 3.34. The first-order valence-electron chi connectivity index (χ1n) is 6.56. The molecule has 2 aromatic heterocycles. The molecule has 6 heteroatoms. The monoisotopic (exact) mass is 281 g/mol. The van der Waals surface area contributed by atoms with Crippen LogP contribution in [0.25, 0.3) is 5.65 Å². The van der Waals surface area contributed by atoms with Crippen LogP contribution in [0.2, 0.25) is 0 Å². The largest absolute Gasteiger partial charge is 0.323 e. The van der Waals surface area contributed by atoms with E-state index in [9.17, 15) is 4.79 Å². The number of pyridine rings is 1. The van der Waals surface area contributed by atoms with Crippen molar-refractivity contribution in [1.29, 1.82) is 0 Å². The van der Waals surface area contributed by atoms with Gasteiger partial charge in [-0.05, 0) is 49.2 Å². The molecule has 2 amide bonds. The van der Waals surface area contributed by atoms with E-state index in [4.69, 9.17) is 0 Å². The lowest BCUT2D eigenvalue weighted by molar-refractivity contribution is 0.262. The number of anilines is 2. The van der Waals surface area contributed by atoms with Crippen LogP contribution < -0.4 is 10.6 Å². The fourth-order valence-corrected chi connectivity index (χ4v) is 2.01. The molecule has 0 aliphatic rings. The molecule has 0 saturated heterocycles. The summed E-state index contributed by atoms with van der Waals surface area (Å²) in [5.74, 6) is 0. The Morgan fingerprint density at radius 2 is 1.81 bits per heavy atom. The molecule has 2 heterocycles. The van der Waals surface area contributed by atoms with Gasteiger partial charge in [-0.25, -0.2) is 4.79 Å². The van der Waals surface area contributed by atoms with Crippen molar-refractivity contribution in [2.24, 2.45) is 0 Å². The Kier molecular flexibility index (Phi) is 3.27.